The van der Waals surface area contributed by atoms with Gasteiger partial charge in [0.2, 0.25) is 0 Å². The molecule has 0 aliphatic carbocycles. The molecule has 0 spiro atoms. The van der Waals surface area contributed by atoms with Crippen LogP contribution in [-0.2, 0) is 59.2 Å². The van der Waals surface area contributed by atoms with E-state index in [1.54, 1.807) is 0 Å². The second kappa shape index (κ2) is 8.43. The van der Waals surface area contributed by atoms with Crippen molar-refractivity contribution in [1.29, 1.82) is 0 Å². The summed E-state index contributed by atoms with van der Waals surface area (Å²) in [7, 11) is 1.35. The Morgan fingerprint density at radius 2 is 1.84 bits per heavy atom. The van der Waals surface area contributed by atoms with Crippen LogP contribution < -0.4 is 0 Å². The molecule has 1 aromatic rings. The summed E-state index contributed by atoms with van der Waals surface area (Å²) in [5.74, 6) is 0. The van der Waals surface area contributed by atoms with Crippen LogP contribution in [0.5, 0.6) is 0 Å². The Morgan fingerprint density at radius 1 is 1.32 bits per heavy atom. The summed E-state index contributed by atoms with van der Waals surface area (Å²) >= 11 is -2.52. The average molecular weight is 373 g/mol. The second-order valence-electron chi connectivity index (χ2n) is 3.38. The van der Waals surface area contributed by atoms with E-state index in [9.17, 15) is 17.4 Å². The van der Waals surface area contributed by atoms with Gasteiger partial charge in [0.05, 0.1) is 12.2 Å². The van der Waals surface area contributed by atoms with Crippen molar-refractivity contribution in [1.82, 2.24) is 0 Å². The SMILES string of the molecule is COCC(OS(=O)O)c1ccc(C(F)(F)F)cc1.[Y]. The molecule has 2 atom stereocenters. The molecule has 1 radical (unpaired) electrons. The van der Waals surface area contributed by atoms with Gasteiger partial charge in [-0.2, -0.15) is 17.4 Å². The number of methoxy groups -OCH3 is 1. The number of rotatable bonds is 5. The first kappa shape index (κ1) is 19.1. The zero-order valence-corrected chi connectivity index (χ0v) is 13.5. The molecule has 9 heteroatoms. The Kier molecular flexibility index (Phi) is 8.50. The Balaban J connectivity index is 0.00000324. The van der Waals surface area contributed by atoms with E-state index in [1.165, 1.54) is 19.2 Å². The molecule has 1 aromatic carbocycles. The van der Waals surface area contributed by atoms with E-state index >= 15 is 0 Å². The van der Waals surface area contributed by atoms with Crippen molar-refractivity contribution in [3.8, 4) is 0 Å². The molecule has 4 nitrogen and oxygen atoms in total. The van der Waals surface area contributed by atoms with Crippen molar-refractivity contribution in [3.05, 3.63) is 35.4 Å². The van der Waals surface area contributed by atoms with Crippen molar-refractivity contribution in [2.75, 3.05) is 13.7 Å². The van der Waals surface area contributed by atoms with Crippen LogP contribution in [0.2, 0.25) is 0 Å². The van der Waals surface area contributed by atoms with Gasteiger partial charge in [0.1, 0.15) is 6.10 Å². The van der Waals surface area contributed by atoms with Gasteiger partial charge in [0.15, 0.2) is 0 Å². The number of hydrogen-bond acceptors (Lipinski definition) is 3. The van der Waals surface area contributed by atoms with Crippen LogP contribution in [-0.4, -0.2) is 22.5 Å². The molecule has 19 heavy (non-hydrogen) atoms. The monoisotopic (exact) mass is 373 g/mol. The zero-order valence-electron chi connectivity index (χ0n) is 9.89. The largest absolute Gasteiger partial charge is 0.416 e. The average Bonchev–Trinajstić information content (AvgIpc) is 2.27. The predicted molar refractivity (Wildman–Crippen MR) is 57.9 cm³/mol. The van der Waals surface area contributed by atoms with Crippen molar-refractivity contribution in [3.63, 3.8) is 0 Å². The number of alkyl halides is 3. The van der Waals surface area contributed by atoms with Gasteiger partial charge in [0, 0.05) is 39.8 Å². The molecule has 2 unspecified atom stereocenters. The molecule has 0 aliphatic heterocycles. The summed E-state index contributed by atoms with van der Waals surface area (Å²) in [6.07, 6.45) is -5.32. The minimum Gasteiger partial charge on any atom is -0.382 e. The molecule has 0 heterocycles. The summed E-state index contributed by atoms with van der Waals surface area (Å²) in [4.78, 5) is 0. The number of ether oxygens (including phenoxy) is 1. The summed E-state index contributed by atoms with van der Waals surface area (Å²) in [5, 5.41) is 0. The van der Waals surface area contributed by atoms with Gasteiger partial charge in [-0.25, -0.2) is 0 Å². The van der Waals surface area contributed by atoms with Gasteiger partial charge in [-0.05, 0) is 17.7 Å². The Labute approximate surface area is 136 Å². The third-order valence-electron chi connectivity index (χ3n) is 2.13. The Morgan fingerprint density at radius 3 is 2.21 bits per heavy atom. The van der Waals surface area contributed by atoms with E-state index < -0.39 is 29.2 Å². The third-order valence-corrected chi connectivity index (χ3v) is 2.52. The molecule has 0 saturated carbocycles. The van der Waals surface area contributed by atoms with E-state index in [1.807, 2.05) is 0 Å². The van der Waals surface area contributed by atoms with Crippen LogP contribution in [0.25, 0.3) is 0 Å². The molecule has 1 rings (SSSR count). The Hall–Kier alpha value is 0.144. The standard InChI is InChI=1S/C10H11F3O4S.Y/c1-16-6-9(17-18(14)15)7-2-4-8(5-3-7)10(11,12)13;/h2-5,9H,6H2,1H3,(H,14,15);. The van der Waals surface area contributed by atoms with Crippen molar-refractivity contribution in [2.45, 2.75) is 12.3 Å². The molecular formula is C10H11F3O4SY. The number of hydrogen-bond donors (Lipinski definition) is 1. The topological polar surface area (TPSA) is 55.8 Å². The number of halogens is 3. The smallest absolute Gasteiger partial charge is 0.382 e. The second-order valence-corrected chi connectivity index (χ2v) is 4.00. The molecule has 0 bridgehead atoms. The Bertz CT molecular complexity index is 410. The maximum atomic E-state index is 12.3. The first-order valence-corrected chi connectivity index (χ1v) is 5.82. The fraction of sp³-hybridized carbons (Fsp3) is 0.400. The molecule has 0 saturated heterocycles. The van der Waals surface area contributed by atoms with Gasteiger partial charge in [0.25, 0.3) is 0 Å². The van der Waals surface area contributed by atoms with E-state index in [0.29, 0.717) is 5.56 Å². The fourth-order valence-corrected chi connectivity index (χ4v) is 1.68. The molecular weight excluding hydrogens is 362 g/mol. The van der Waals surface area contributed by atoms with Gasteiger partial charge in [-0.3, -0.25) is 8.74 Å². The minimum atomic E-state index is -4.42. The van der Waals surface area contributed by atoms with Crippen LogP contribution in [0.15, 0.2) is 24.3 Å². The van der Waals surface area contributed by atoms with Gasteiger partial charge in [-0.15, -0.1) is 0 Å². The molecule has 0 aliphatic rings. The summed E-state index contributed by atoms with van der Waals surface area (Å²) in [5.41, 5.74) is -0.472. The van der Waals surface area contributed by atoms with Crippen molar-refractivity contribution in [2.24, 2.45) is 0 Å². The molecule has 0 aromatic heterocycles. The van der Waals surface area contributed by atoms with Gasteiger partial charge >= 0.3 is 17.5 Å². The van der Waals surface area contributed by atoms with Crippen LogP contribution in [0.4, 0.5) is 13.2 Å². The first-order valence-electron chi connectivity index (χ1n) is 4.78. The number of benzene rings is 1. The first-order chi connectivity index (χ1) is 8.34. The normalized spacial score (nSPS) is 14.6. The molecule has 1 N–H and O–H groups in total. The third kappa shape index (κ3) is 6.42. The van der Waals surface area contributed by atoms with E-state index in [4.69, 9.17) is 9.29 Å². The molecule has 0 fully saturated rings. The maximum absolute atomic E-state index is 12.3. The van der Waals surface area contributed by atoms with Crippen LogP contribution in [0, 0.1) is 0 Å². The van der Waals surface area contributed by atoms with Crippen LogP contribution >= 0.6 is 0 Å². The predicted octanol–water partition coefficient (Wildman–Crippen LogP) is 2.54. The summed E-state index contributed by atoms with van der Waals surface area (Å²) in [6.45, 7) is -0.0440. The molecule has 105 valence electrons. The summed E-state index contributed by atoms with van der Waals surface area (Å²) in [6, 6.07) is 4.11. The zero-order chi connectivity index (χ0) is 13.8. The van der Waals surface area contributed by atoms with E-state index in [0.717, 1.165) is 12.1 Å². The summed E-state index contributed by atoms with van der Waals surface area (Å²) < 4.78 is 65.5. The van der Waals surface area contributed by atoms with Crippen LogP contribution in [0.3, 0.4) is 0 Å². The fourth-order valence-electron chi connectivity index (χ4n) is 1.32. The van der Waals surface area contributed by atoms with Gasteiger partial charge in [-0.1, -0.05) is 12.1 Å². The van der Waals surface area contributed by atoms with Crippen molar-refractivity contribution < 1.29 is 63.6 Å². The van der Waals surface area contributed by atoms with E-state index in [-0.39, 0.29) is 39.3 Å². The quantitative estimate of drug-likeness (QED) is 0.807. The maximum Gasteiger partial charge on any atom is 0.416 e. The van der Waals surface area contributed by atoms with Crippen LogP contribution in [0.1, 0.15) is 17.2 Å². The van der Waals surface area contributed by atoms with E-state index in [2.05, 4.69) is 4.18 Å². The minimum absolute atomic E-state index is 0. The molecule has 0 amide bonds. The van der Waals surface area contributed by atoms with Crippen molar-refractivity contribution >= 4 is 11.4 Å². The van der Waals surface area contributed by atoms with Gasteiger partial charge < -0.3 is 4.74 Å².